The van der Waals surface area contributed by atoms with Gasteiger partial charge < -0.3 is 10.6 Å². The van der Waals surface area contributed by atoms with Gasteiger partial charge in [0.15, 0.2) is 5.69 Å². The van der Waals surface area contributed by atoms with Gasteiger partial charge in [-0.05, 0) is 51.2 Å². The lowest BCUT2D eigenvalue weighted by atomic mass is 10.1. The molecule has 1 fully saturated rings. The first-order chi connectivity index (χ1) is 11.7. The van der Waals surface area contributed by atoms with Gasteiger partial charge in [0, 0.05) is 30.4 Å². The molecule has 0 spiro atoms. The van der Waals surface area contributed by atoms with E-state index in [1.807, 2.05) is 9.58 Å². The molecule has 0 saturated carbocycles. The van der Waals surface area contributed by atoms with Crippen LogP contribution in [0.4, 0.5) is 0 Å². The van der Waals surface area contributed by atoms with Crippen molar-refractivity contribution in [3.63, 3.8) is 0 Å². The quantitative estimate of drug-likeness (QED) is 0.915. The van der Waals surface area contributed by atoms with E-state index in [2.05, 4.69) is 31.2 Å². The average molecular weight is 361 g/mol. The van der Waals surface area contributed by atoms with Crippen molar-refractivity contribution < 1.29 is 4.79 Å². The van der Waals surface area contributed by atoms with E-state index in [-0.39, 0.29) is 24.4 Å². The van der Waals surface area contributed by atoms with Crippen LogP contribution in [-0.4, -0.2) is 39.7 Å². The summed E-state index contributed by atoms with van der Waals surface area (Å²) in [6, 6.07) is 8.50. The van der Waals surface area contributed by atoms with Crippen LogP contribution in [0.3, 0.4) is 0 Å². The first kappa shape index (κ1) is 18.0. The summed E-state index contributed by atoms with van der Waals surface area (Å²) in [5.74, 6) is 0.0620. The highest BCUT2D eigenvalue weighted by Gasteiger charge is 2.34. The normalized spacial score (nSPS) is 19.0. The Morgan fingerprint density at radius 3 is 2.72 bits per heavy atom. The van der Waals surface area contributed by atoms with E-state index in [1.165, 1.54) is 11.3 Å². The summed E-state index contributed by atoms with van der Waals surface area (Å²) in [6.07, 6.45) is 5.07. The number of nitrogens with zero attached hydrogens (tertiary/aromatic N) is 3. The maximum absolute atomic E-state index is 13.1. The molecular weight excluding hydrogens is 336 g/mol. The van der Waals surface area contributed by atoms with E-state index in [4.69, 9.17) is 10.8 Å². The van der Waals surface area contributed by atoms with E-state index in [0.29, 0.717) is 12.2 Å². The largest absolute Gasteiger partial charge is 0.333 e. The van der Waals surface area contributed by atoms with Gasteiger partial charge in [0.05, 0.1) is 5.69 Å². The molecule has 1 unspecified atom stereocenters. The van der Waals surface area contributed by atoms with Crippen LogP contribution in [0.5, 0.6) is 0 Å². The van der Waals surface area contributed by atoms with Crippen LogP contribution in [0.1, 0.15) is 46.6 Å². The van der Waals surface area contributed by atoms with Crippen LogP contribution >= 0.6 is 12.4 Å². The van der Waals surface area contributed by atoms with E-state index < -0.39 is 0 Å². The van der Waals surface area contributed by atoms with Crippen molar-refractivity contribution in [2.24, 2.45) is 5.73 Å². The molecule has 1 saturated heterocycles. The number of aromatic nitrogens is 2. The Morgan fingerprint density at radius 1 is 1.24 bits per heavy atom. The zero-order valence-electron chi connectivity index (χ0n) is 14.6. The number of likely N-dealkylation sites (tertiary alicyclic amines) is 1. The minimum absolute atomic E-state index is 0. The minimum Gasteiger partial charge on any atom is -0.333 e. The Kier molecular flexibility index (Phi) is 5.16. The van der Waals surface area contributed by atoms with Crippen molar-refractivity contribution in [2.45, 2.75) is 45.1 Å². The zero-order chi connectivity index (χ0) is 16.7. The summed E-state index contributed by atoms with van der Waals surface area (Å²) in [5.41, 5.74) is 11.1. The lowest BCUT2D eigenvalue weighted by molar-refractivity contribution is 0.0733. The number of nitrogens with two attached hydrogens (primary N) is 1. The predicted molar refractivity (Wildman–Crippen MR) is 101 cm³/mol. The van der Waals surface area contributed by atoms with Gasteiger partial charge in [0.2, 0.25) is 0 Å². The molecule has 2 aromatic rings. The third-order valence-electron chi connectivity index (χ3n) is 5.32. The lowest BCUT2D eigenvalue weighted by Gasteiger charge is -2.22. The third kappa shape index (κ3) is 3.07. The zero-order valence-corrected chi connectivity index (χ0v) is 15.4. The first-order valence-electron chi connectivity index (χ1n) is 8.88. The second-order valence-corrected chi connectivity index (χ2v) is 6.91. The van der Waals surface area contributed by atoms with Gasteiger partial charge in [-0.1, -0.05) is 17.7 Å². The van der Waals surface area contributed by atoms with E-state index in [9.17, 15) is 4.79 Å². The Bertz CT molecular complexity index is 768. The molecule has 1 atom stereocenters. The van der Waals surface area contributed by atoms with Crippen LogP contribution in [0.25, 0.3) is 5.69 Å². The number of rotatable bonds is 3. The molecule has 2 aliphatic rings. The van der Waals surface area contributed by atoms with Crippen LogP contribution in [-0.2, 0) is 12.8 Å². The maximum atomic E-state index is 13.1. The van der Waals surface area contributed by atoms with Gasteiger partial charge in [0.1, 0.15) is 0 Å². The molecule has 1 aromatic carbocycles. The van der Waals surface area contributed by atoms with Crippen molar-refractivity contribution in [2.75, 3.05) is 13.1 Å². The lowest BCUT2D eigenvalue weighted by Crippen LogP contribution is -2.40. The number of carbonyl (C=O) groups excluding carboxylic acids is 1. The minimum atomic E-state index is 0. The van der Waals surface area contributed by atoms with Crippen molar-refractivity contribution in [3.05, 3.63) is 46.8 Å². The Hall–Kier alpha value is -1.85. The fourth-order valence-electron chi connectivity index (χ4n) is 3.99. The second-order valence-electron chi connectivity index (χ2n) is 6.91. The maximum Gasteiger partial charge on any atom is 0.274 e. The highest BCUT2D eigenvalue weighted by atomic mass is 35.5. The van der Waals surface area contributed by atoms with Gasteiger partial charge in [-0.2, -0.15) is 5.10 Å². The fraction of sp³-hybridized carbons (Fsp3) is 0.474. The highest BCUT2D eigenvalue weighted by molar-refractivity contribution is 5.94. The smallest absolute Gasteiger partial charge is 0.274 e. The number of benzene rings is 1. The van der Waals surface area contributed by atoms with Crippen LogP contribution < -0.4 is 5.73 Å². The fourth-order valence-corrected chi connectivity index (χ4v) is 3.99. The van der Waals surface area contributed by atoms with Crippen molar-refractivity contribution in [3.8, 4) is 5.69 Å². The monoisotopic (exact) mass is 360 g/mol. The summed E-state index contributed by atoms with van der Waals surface area (Å²) >= 11 is 0. The molecule has 1 aromatic heterocycles. The molecule has 1 aliphatic carbocycles. The molecule has 134 valence electrons. The topological polar surface area (TPSA) is 64.2 Å². The standard InChI is InChI=1S/C19H24N4O.ClH/c1-13-7-9-14(10-8-13)23-17-6-2-5-16(17)18(21-23)19(24)22-11-3-4-15(22)12-20;/h7-10,15H,2-6,11-12,20H2,1H3;1H. The molecule has 2 heterocycles. The molecule has 1 amide bonds. The second kappa shape index (κ2) is 7.18. The molecule has 6 heteroatoms. The predicted octanol–water partition coefficient (Wildman–Crippen LogP) is 2.65. The van der Waals surface area contributed by atoms with Gasteiger partial charge in [-0.3, -0.25) is 4.79 Å². The molecular formula is C19H25ClN4O. The summed E-state index contributed by atoms with van der Waals surface area (Å²) in [6.45, 7) is 3.41. The van der Waals surface area contributed by atoms with E-state index in [0.717, 1.165) is 49.9 Å². The number of hydrogen-bond acceptors (Lipinski definition) is 3. The third-order valence-corrected chi connectivity index (χ3v) is 5.32. The van der Waals surface area contributed by atoms with Crippen LogP contribution in [0.15, 0.2) is 24.3 Å². The molecule has 25 heavy (non-hydrogen) atoms. The molecule has 0 radical (unpaired) electrons. The van der Waals surface area contributed by atoms with E-state index >= 15 is 0 Å². The molecule has 4 rings (SSSR count). The Labute approximate surface area is 154 Å². The SMILES string of the molecule is Cc1ccc(-n2nc(C(=O)N3CCCC3CN)c3c2CCC3)cc1.Cl. The summed E-state index contributed by atoms with van der Waals surface area (Å²) < 4.78 is 1.97. The van der Waals surface area contributed by atoms with Crippen molar-refractivity contribution in [1.82, 2.24) is 14.7 Å². The van der Waals surface area contributed by atoms with E-state index in [1.54, 1.807) is 0 Å². The number of hydrogen-bond donors (Lipinski definition) is 1. The Morgan fingerprint density at radius 2 is 2.00 bits per heavy atom. The summed E-state index contributed by atoms with van der Waals surface area (Å²) in [7, 11) is 0. The number of amides is 1. The first-order valence-corrected chi connectivity index (χ1v) is 8.88. The Balaban J connectivity index is 0.00000182. The van der Waals surface area contributed by atoms with Crippen molar-refractivity contribution >= 4 is 18.3 Å². The molecule has 0 bridgehead atoms. The molecule has 1 aliphatic heterocycles. The van der Waals surface area contributed by atoms with Gasteiger partial charge in [0.25, 0.3) is 5.91 Å². The molecule has 2 N–H and O–H groups in total. The number of halogens is 1. The van der Waals surface area contributed by atoms with Crippen LogP contribution in [0.2, 0.25) is 0 Å². The van der Waals surface area contributed by atoms with Gasteiger partial charge in [-0.15, -0.1) is 12.4 Å². The van der Waals surface area contributed by atoms with Gasteiger partial charge >= 0.3 is 0 Å². The average Bonchev–Trinajstić information content (AvgIpc) is 3.30. The summed E-state index contributed by atoms with van der Waals surface area (Å²) in [5, 5.41) is 4.73. The number of fused-ring (bicyclic) bond motifs is 1. The van der Waals surface area contributed by atoms with Crippen LogP contribution in [0, 0.1) is 6.92 Å². The highest BCUT2D eigenvalue weighted by Crippen LogP contribution is 2.30. The number of aryl methyl sites for hydroxylation is 1. The van der Waals surface area contributed by atoms with Gasteiger partial charge in [-0.25, -0.2) is 4.68 Å². The number of carbonyl (C=O) groups is 1. The summed E-state index contributed by atoms with van der Waals surface area (Å²) in [4.78, 5) is 15.0. The molecule has 5 nitrogen and oxygen atoms in total. The van der Waals surface area contributed by atoms with Crippen molar-refractivity contribution in [1.29, 1.82) is 0 Å².